The molecule has 1 saturated carbocycles. The number of nitrogens with one attached hydrogen (secondary N) is 1. The molecule has 0 bridgehead atoms. The zero-order valence-electron chi connectivity index (χ0n) is 12.2. The van der Waals surface area contributed by atoms with Gasteiger partial charge in [0.15, 0.2) is 0 Å². The van der Waals surface area contributed by atoms with Crippen molar-refractivity contribution in [3.63, 3.8) is 0 Å². The summed E-state index contributed by atoms with van der Waals surface area (Å²) >= 11 is 0. The topological polar surface area (TPSA) is 75.6 Å². The van der Waals surface area contributed by atoms with Crippen LogP contribution in [0.15, 0.2) is 24.3 Å². The summed E-state index contributed by atoms with van der Waals surface area (Å²) in [6.45, 7) is 0.477. The summed E-state index contributed by atoms with van der Waals surface area (Å²) in [7, 11) is 1.62. The van der Waals surface area contributed by atoms with E-state index in [2.05, 4.69) is 5.32 Å². The molecule has 0 saturated heterocycles. The van der Waals surface area contributed by atoms with Gasteiger partial charge in [-0.2, -0.15) is 0 Å². The van der Waals surface area contributed by atoms with E-state index in [4.69, 9.17) is 4.74 Å². The van der Waals surface area contributed by atoms with Crippen LogP contribution in [0.3, 0.4) is 0 Å². The SMILES string of the molecule is COCc1cccc(NC(=O)C2CCCCC2C(=O)O)c1. The number of hydrogen-bond donors (Lipinski definition) is 2. The molecular formula is C16H21NO4. The van der Waals surface area contributed by atoms with E-state index in [1.54, 1.807) is 13.2 Å². The molecular weight excluding hydrogens is 270 g/mol. The van der Waals surface area contributed by atoms with Gasteiger partial charge in [0.25, 0.3) is 0 Å². The van der Waals surface area contributed by atoms with Crippen molar-refractivity contribution >= 4 is 17.6 Å². The van der Waals surface area contributed by atoms with Gasteiger partial charge < -0.3 is 15.2 Å². The first-order valence-electron chi connectivity index (χ1n) is 7.23. The quantitative estimate of drug-likeness (QED) is 0.874. The Kier molecular flexibility index (Phi) is 5.33. The monoisotopic (exact) mass is 291 g/mol. The number of carbonyl (C=O) groups is 2. The Balaban J connectivity index is 2.05. The first-order chi connectivity index (χ1) is 10.1. The van der Waals surface area contributed by atoms with Crippen molar-refractivity contribution < 1.29 is 19.4 Å². The molecule has 1 fully saturated rings. The van der Waals surface area contributed by atoms with Gasteiger partial charge in [0.1, 0.15) is 0 Å². The number of hydrogen-bond acceptors (Lipinski definition) is 3. The smallest absolute Gasteiger partial charge is 0.307 e. The van der Waals surface area contributed by atoms with Gasteiger partial charge in [-0.05, 0) is 30.5 Å². The molecule has 2 atom stereocenters. The highest BCUT2D eigenvalue weighted by Gasteiger charge is 2.35. The molecule has 0 aromatic heterocycles. The number of benzene rings is 1. The number of ether oxygens (including phenoxy) is 1. The van der Waals surface area contributed by atoms with Crippen LogP contribution in [0.1, 0.15) is 31.2 Å². The van der Waals surface area contributed by atoms with Crippen LogP contribution in [0.25, 0.3) is 0 Å². The maximum absolute atomic E-state index is 12.3. The van der Waals surface area contributed by atoms with Crippen molar-refractivity contribution in [2.24, 2.45) is 11.8 Å². The second kappa shape index (κ2) is 7.22. The second-order valence-electron chi connectivity index (χ2n) is 5.46. The van der Waals surface area contributed by atoms with Crippen molar-refractivity contribution in [2.45, 2.75) is 32.3 Å². The highest BCUT2D eigenvalue weighted by atomic mass is 16.5. The molecule has 2 unspecified atom stereocenters. The average molecular weight is 291 g/mol. The molecule has 5 heteroatoms. The summed E-state index contributed by atoms with van der Waals surface area (Å²) in [6.07, 6.45) is 3.01. The van der Waals surface area contributed by atoms with Crippen molar-refractivity contribution in [2.75, 3.05) is 12.4 Å². The van der Waals surface area contributed by atoms with E-state index < -0.39 is 17.8 Å². The molecule has 1 amide bonds. The van der Waals surface area contributed by atoms with Crippen molar-refractivity contribution in [3.05, 3.63) is 29.8 Å². The molecule has 1 aromatic rings. The molecule has 1 aliphatic rings. The lowest BCUT2D eigenvalue weighted by molar-refractivity contribution is -0.147. The van der Waals surface area contributed by atoms with Crippen LogP contribution >= 0.6 is 0 Å². The summed E-state index contributed by atoms with van der Waals surface area (Å²) < 4.78 is 5.06. The molecule has 0 spiro atoms. The summed E-state index contributed by atoms with van der Waals surface area (Å²) in [5.74, 6) is -2.08. The van der Waals surface area contributed by atoms with Crippen molar-refractivity contribution in [3.8, 4) is 0 Å². The van der Waals surface area contributed by atoms with E-state index in [9.17, 15) is 14.7 Å². The van der Waals surface area contributed by atoms with Gasteiger partial charge in [-0.3, -0.25) is 9.59 Å². The molecule has 0 aliphatic heterocycles. The third kappa shape index (κ3) is 4.04. The number of carbonyl (C=O) groups excluding carboxylic acids is 1. The van der Waals surface area contributed by atoms with Gasteiger partial charge in [0.2, 0.25) is 5.91 Å². The number of carboxylic acid groups (broad SMARTS) is 1. The predicted molar refractivity (Wildman–Crippen MR) is 78.9 cm³/mol. The first kappa shape index (κ1) is 15.5. The zero-order chi connectivity index (χ0) is 15.2. The van der Waals surface area contributed by atoms with E-state index >= 15 is 0 Å². The summed E-state index contributed by atoms with van der Waals surface area (Å²) in [5.41, 5.74) is 1.65. The molecule has 114 valence electrons. The number of aliphatic carboxylic acids is 1. The van der Waals surface area contributed by atoms with Gasteiger partial charge in [0, 0.05) is 12.8 Å². The van der Waals surface area contributed by atoms with Crippen LogP contribution in [-0.4, -0.2) is 24.1 Å². The van der Waals surface area contributed by atoms with E-state index in [-0.39, 0.29) is 5.91 Å². The van der Waals surface area contributed by atoms with Crippen molar-refractivity contribution in [1.82, 2.24) is 0 Å². The highest BCUT2D eigenvalue weighted by molar-refractivity contribution is 5.95. The molecule has 2 N–H and O–H groups in total. The summed E-state index contributed by atoms with van der Waals surface area (Å²) in [5, 5.41) is 12.1. The average Bonchev–Trinajstić information content (AvgIpc) is 2.48. The Bertz CT molecular complexity index is 515. The summed E-state index contributed by atoms with van der Waals surface area (Å²) in [6, 6.07) is 7.41. The lowest BCUT2D eigenvalue weighted by Crippen LogP contribution is -2.36. The van der Waals surface area contributed by atoms with Gasteiger partial charge in [-0.25, -0.2) is 0 Å². The van der Waals surface area contributed by atoms with E-state index in [1.807, 2.05) is 18.2 Å². The Labute approximate surface area is 124 Å². The largest absolute Gasteiger partial charge is 0.481 e. The number of methoxy groups -OCH3 is 1. The third-order valence-electron chi connectivity index (χ3n) is 3.93. The van der Waals surface area contributed by atoms with Gasteiger partial charge in [-0.1, -0.05) is 25.0 Å². The summed E-state index contributed by atoms with van der Waals surface area (Å²) in [4.78, 5) is 23.6. The molecule has 0 radical (unpaired) electrons. The molecule has 5 nitrogen and oxygen atoms in total. The Morgan fingerprint density at radius 1 is 1.29 bits per heavy atom. The molecule has 1 aromatic carbocycles. The molecule has 2 rings (SSSR count). The molecule has 21 heavy (non-hydrogen) atoms. The van der Waals surface area contributed by atoms with E-state index in [1.165, 1.54) is 0 Å². The number of rotatable bonds is 5. The maximum Gasteiger partial charge on any atom is 0.307 e. The van der Waals surface area contributed by atoms with Crippen LogP contribution in [0.4, 0.5) is 5.69 Å². The Hall–Kier alpha value is -1.88. The lowest BCUT2D eigenvalue weighted by Gasteiger charge is -2.27. The molecule has 0 heterocycles. The van der Waals surface area contributed by atoms with Gasteiger partial charge in [-0.15, -0.1) is 0 Å². The first-order valence-corrected chi connectivity index (χ1v) is 7.23. The zero-order valence-corrected chi connectivity index (χ0v) is 12.2. The standard InChI is InChI=1S/C16H21NO4/c1-21-10-11-5-4-6-12(9-11)17-15(18)13-7-2-3-8-14(13)16(19)20/h4-6,9,13-14H,2-3,7-8,10H2,1H3,(H,17,18)(H,19,20). The van der Waals surface area contributed by atoms with Gasteiger partial charge in [0.05, 0.1) is 18.4 Å². The fourth-order valence-electron chi connectivity index (χ4n) is 2.88. The van der Waals surface area contributed by atoms with Crippen LogP contribution in [0.2, 0.25) is 0 Å². The minimum Gasteiger partial charge on any atom is -0.481 e. The molecule has 1 aliphatic carbocycles. The van der Waals surface area contributed by atoms with Crippen molar-refractivity contribution in [1.29, 1.82) is 0 Å². The minimum absolute atomic E-state index is 0.198. The number of amides is 1. The van der Waals surface area contributed by atoms with Crippen LogP contribution < -0.4 is 5.32 Å². The maximum atomic E-state index is 12.3. The van der Waals surface area contributed by atoms with E-state index in [0.717, 1.165) is 18.4 Å². The van der Waals surface area contributed by atoms with Crippen LogP contribution in [0, 0.1) is 11.8 Å². The fourth-order valence-corrected chi connectivity index (χ4v) is 2.88. The van der Waals surface area contributed by atoms with Crippen LogP contribution in [-0.2, 0) is 20.9 Å². The fraction of sp³-hybridized carbons (Fsp3) is 0.500. The Morgan fingerprint density at radius 3 is 2.67 bits per heavy atom. The predicted octanol–water partition coefficient (Wildman–Crippen LogP) is 2.66. The highest BCUT2D eigenvalue weighted by Crippen LogP contribution is 2.31. The number of carboxylic acids is 1. The number of anilines is 1. The normalized spacial score (nSPS) is 21.8. The minimum atomic E-state index is -0.872. The van der Waals surface area contributed by atoms with Gasteiger partial charge >= 0.3 is 5.97 Å². The van der Waals surface area contributed by atoms with Crippen LogP contribution in [0.5, 0.6) is 0 Å². The third-order valence-corrected chi connectivity index (χ3v) is 3.93. The second-order valence-corrected chi connectivity index (χ2v) is 5.46. The lowest BCUT2D eigenvalue weighted by atomic mass is 9.78. The Morgan fingerprint density at radius 2 is 2.00 bits per heavy atom. The van der Waals surface area contributed by atoms with E-state index in [0.29, 0.717) is 25.1 Å².